The van der Waals surface area contributed by atoms with Crippen molar-refractivity contribution in [1.29, 1.82) is 0 Å². The number of rotatable bonds is 1. The van der Waals surface area contributed by atoms with E-state index in [9.17, 15) is 9.59 Å². The number of nitrogens with zero attached hydrogens (tertiary/aromatic N) is 1. The largest absolute Gasteiger partial charge is 0.466 e. The molecular weight excluding hydrogens is 306 g/mol. The number of esters is 1. The third kappa shape index (κ3) is 2.07. The minimum atomic E-state index is -0.528. The number of carbonyl (C=O) groups excluding carboxylic acids is 2. The molecule has 1 saturated carbocycles. The van der Waals surface area contributed by atoms with Crippen LogP contribution in [0, 0.1) is 11.8 Å². The Labute approximate surface area is 141 Å². The number of hydrogen-bond donors (Lipinski definition) is 0. The van der Waals surface area contributed by atoms with Crippen LogP contribution in [-0.2, 0) is 14.3 Å². The van der Waals surface area contributed by atoms with Crippen molar-refractivity contribution in [2.24, 2.45) is 11.8 Å². The fourth-order valence-electron chi connectivity index (χ4n) is 4.27. The number of benzene rings is 1. The SMILES string of the molecule is COC(=O)C=C1C2C1C1c3ccccc3C2N1C(=O)OC(C)(C)C. The standard InChI is InChI=1S/C19H21NO4/c1-19(2,3)24-18(22)20-16-10-7-5-6-8-11(10)17(20)15-12(14(15)16)9-13(21)23-4/h5-9,14-17H,1-4H3. The summed E-state index contributed by atoms with van der Waals surface area (Å²) in [6.07, 6.45) is 1.31. The first-order valence-electron chi connectivity index (χ1n) is 8.23. The van der Waals surface area contributed by atoms with Gasteiger partial charge in [0.25, 0.3) is 0 Å². The minimum absolute atomic E-state index is 0.0399. The van der Waals surface area contributed by atoms with Crippen molar-refractivity contribution >= 4 is 12.1 Å². The van der Waals surface area contributed by atoms with E-state index in [2.05, 4.69) is 12.1 Å². The van der Waals surface area contributed by atoms with E-state index >= 15 is 0 Å². The van der Waals surface area contributed by atoms with E-state index in [1.807, 2.05) is 37.8 Å². The van der Waals surface area contributed by atoms with E-state index in [-0.39, 0.29) is 36.0 Å². The molecule has 4 rings (SSSR count). The van der Waals surface area contributed by atoms with Crippen molar-refractivity contribution in [2.45, 2.75) is 38.5 Å². The molecule has 1 aliphatic carbocycles. The molecule has 3 aliphatic rings. The number of methoxy groups -OCH3 is 1. The van der Waals surface area contributed by atoms with Crippen LogP contribution < -0.4 is 0 Å². The Bertz CT molecular complexity index is 722. The molecule has 2 heterocycles. The van der Waals surface area contributed by atoms with Gasteiger partial charge in [0.2, 0.25) is 0 Å². The molecule has 0 radical (unpaired) electrons. The average Bonchev–Trinajstić information content (AvgIpc) is 2.96. The van der Waals surface area contributed by atoms with E-state index in [4.69, 9.17) is 9.47 Å². The number of hydrogen-bond acceptors (Lipinski definition) is 4. The number of amides is 1. The average molecular weight is 327 g/mol. The second-order valence-corrected chi connectivity index (χ2v) is 7.63. The highest BCUT2D eigenvalue weighted by Gasteiger charge is 2.69. The predicted octanol–water partition coefficient (Wildman–Crippen LogP) is 3.38. The molecule has 5 heteroatoms. The van der Waals surface area contributed by atoms with Crippen molar-refractivity contribution in [3.05, 3.63) is 47.0 Å². The summed E-state index contributed by atoms with van der Waals surface area (Å²) in [7, 11) is 1.38. The summed E-state index contributed by atoms with van der Waals surface area (Å²) < 4.78 is 10.4. The molecule has 126 valence electrons. The molecule has 1 saturated heterocycles. The Balaban J connectivity index is 1.69. The maximum absolute atomic E-state index is 12.7. The summed E-state index contributed by atoms with van der Waals surface area (Å²) in [6, 6.07) is 8.05. The lowest BCUT2D eigenvalue weighted by Crippen LogP contribution is -2.36. The van der Waals surface area contributed by atoms with E-state index in [0.717, 1.165) is 5.57 Å². The summed E-state index contributed by atoms with van der Waals surface area (Å²) >= 11 is 0. The lowest BCUT2D eigenvalue weighted by Gasteiger charge is -2.29. The fourth-order valence-corrected chi connectivity index (χ4v) is 4.27. The van der Waals surface area contributed by atoms with Crippen LogP contribution in [0.1, 0.15) is 44.0 Å². The topological polar surface area (TPSA) is 55.8 Å². The van der Waals surface area contributed by atoms with Crippen molar-refractivity contribution in [1.82, 2.24) is 4.90 Å². The number of piperidine rings is 1. The Morgan fingerprint density at radius 1 is 1.08 bits per heavy atom. The molecular formula is C19H21NO4. The first-order chi connectivity index (χ1) is 11.3. The maximum Gasteiger partial charge on any atom is 0.411 e. The summed E-state index contributed by atoms with van der Waals surface area (Å²) in [5.74, 6) is 0.0831. The highest BCUT2D eigenvalue weighted by atomic mass is 16.6. The molecule has 0 N–H and O–H groups in total. The van der Waals surface area contributed by atoms with Gasteiger partial charge in [-0.05, 0) is 31.9 Å². The molecule has 24 heavy (non-hydrogen) atoms. The summed E-state index contributed by atoms with van der Waals surface area (Å²) in [5.41, 5.74) is 2.90. The molecule has 0 spiro atoms. The molecule has 1 aromatic carbocycles. The van der Waals surface area contributed by atoms with Gasteiger partial charge in [-0.2, -0.15) is 0 Å². The van der Waals surface area contributed by atoms with Gasteiger partial charge in [0, 0.05) is 17.9 Å². The van der Waals surface area contributed by atoms with Gasteiger partial charge >= 0.3 is 12.1 Å². The fraction of sp³-hybridized carbons (Fsp3) is 0.474. The summed E-state index contributed by atoms with van der Waals surface area (Å²) in [6.45, 7) is 5.62. The first-order valence-corrected chi connectivity index (χ1v) is 8.23. The van der Waals surface area contributed by atoms with Crippen LogP contribution in [0.5, 0.6) is 0 Å². The van der Waals surface area contributed by atoms with E-state index in [1.165, 1.54) is 18.2 Å². The van der Waals surface area contributed by atoms with Gasteiger partial charge in [-0.25, -0.2) is 9.59 Å². The van der Waals surface area contributed by atoms with Gasteiger partial charge in [-0.1, -0.05) is 29.8 Å². The Morgan fingerprint density at radius 2 is 1.62 bits per heavy atom. The third-order valence-corrected chi connectivity index (χ3v) is 5.05. The van der Waals surface area contributed by atoms with Crippen molar-refractivity contribution in [3.63, 3.8) is 0 Å². The van der Waals surface area contributed by atoms with Crippen LogP contribution in [0.4, 0.5) is 4.79 Å². The Hall–Kier alpha value is -2.30. The van der Waals surface area contributed by atoms with E-state index in [1.54, 1.807) is 6.08 Å². The Morgan fingerprint density at radius 3 is 2.08 bits per heavy atom. The summed E-state index contributed by atoms with van der Waals surface area (Å²) in [4.78, 5) is 26.2. The van der Waals surface area contributed by atoms with Crippen molar-refractivity contribution in [3.8, 4) is 0 Å². The zero-order chi connectivity index (χ0) is 17.2. The van der Waals surface area contributed by atoms with Crippen molar-refractivity contribution < 1.29 is 19.1 Å². The highest BCUT2D eigenvalue weighted by molar-refractivity contribution is 5.85. The molecule has 4 unspecified atom stereocenters. The van der Waals surface area contributed by atoms with E-state index in [0.29, 0.717) is 0 Å². The molecule has 0 aromatic heterocycles. The Kier molecular flexibility index (Phi) is 3.08. The number of ether oxygens (including phenoxy) is 2. The van der Waals surface area contributed by atoms with Gasteiger partial charge in [0.1, 0.15) is 5.60 Å². The normalized spacial score (nSPS) is 29.0. The second-order valence-electron chi connectivity index (χ2n) is 7.63. The van der Waals surface area contributed by atoms with Gasteiger partial charge in [-0.15, -0.1) is 0 Å². The predicted molar refractivity (Wildman–Crippen MR) is 87.1 cm³/mol. The zero-order valence-corrected chi connectivity index (χ0v) is 14.3. The zero-order valence-electron chi connectivity index (χ0n) is 14.3. The molecule has 5 nitrogen and oxygen atoms in total. The molecule has 2 fully saturated rings. The van der Waals surface area contributed by atoms with Gasteiger partial charge in [0.15, 0.2) is 0 Å². The smallest absolute Gasteiger partial charge is 0.411 e. The van der Waals surface area contributed by atoms with Gasteiger partial charge in [-0.3, -0.25) is 4.90 Å². The van der Waals surface area contributed by atoms with Gasteiger partial charge in [0.05, 0.1) is 19.2 Å². The van der Waals surface area contributed by atoms with Crippen LogP contribution in [-0.4, -0.2) is 29.7 Å². The van der Waals surface area contributed by atoms with Crippen LogP contribution in [0.3, 0.4) is 0 Å². The number of fused-ring (bicyclic) bond motifs is 8. The minimum Gasteiger partial charge on any atom is -0.466 e. The molecule has 1 aromatic rings. The molecule has 2 aliphatic heterocycles. The van der Waals surface area contributed by atoms with Crippen molar-refractivity contribution in [2.75, 3.05) is 7.11 Å². The van der Waals surface area contributed by atoms with Crippen LogP contribution in [0.15, 0.2) is 35.9 Å². The third-order valence-electron chi connectivity index (χ3n) is 5.05. The lowest BCUT2D eigenvalue weighted by atomic mass is 9.92. The number of carbonyl (C=O) groups is 2. The molecule has 1 amide bonds. The second kappa shape index (κ2) is 4.85. The molecule has 2 bridgehead atoms. The maximum atomic E-state index is 12.7. The van der Waals surface area contributed by atoms with Crippen LogP contribution in [0.2, 0.25) is 0 Å². The van der Waals surface area contributed by atoms with Crippen LogP contribution in [0.25, 0.3) is 0 Å². The summed E-state index contributed by atoms with van der Waals surface area (Å²) in [5, 5.41) is 0. The highest BCUT2D eigenvalue weighted by Crippen LogP contribution is 2.73. The van der Waals surface area contributed by atoms with Crippen LogP contribution >= 0.6 is 0 Å². The lowest BCUT2D eigenvalue weighted by molar-refractivity contribution is -0.134. The quantitative estimate of drug-likeness (QED) is 0.586. The monoisotopic (exact) mass is 327 g/mol. The van der Waals surface area contributed by atoms with E-state index < -0.39 is 5.60 Å². The first kappa shape index (κ1) is 15.2. The molecule has 4 atom stereocenters. The van der Waals surface area contributed by atoms with Gasteiger partial charge < -0.3 is 9.47 Å².